The molecule has 0 saturated carbocycles. The molecule has 2 aliphatic rings. The topological polar surface area (TPSA) is 157 Å². The summed E-state index contributed by atoms with van der Waals surface area (Å²) in [5.74, 6) is -2.48. The summed E-state index contributed by atoms with van der Waals surface area (Å²) in [6.07, 6.45) is 0.869. The van der Waals surface area contributed by atoms with Crippen molar-refractivity contribution in [2.24, 2.45) is 0 Å². The van der Waals surface area contributed by atoms with Crippen LogP contribution in [-0.4, -0.2) is 75.1 Å². The van der Waals surface area contributed by atoms with Gasteiger partial charge in [-0.15, -0.1) is 0 Å². The van der Waals surface area contributed by atoms with Gasteiger partial charge >= 0.3 is 5.97 Å². The molecule has 40 heavy (non-hydrogen) atoms. The first-order chi connectivity index (χ1) is 19.0. The van der Waals surface area contributed by atoms with Crippen molar-refractivity contribution in [1.29, 1.82) is 0 Å². The average Bonchev–Trinajstić information content (AvgIpc) is 3.40. The van der Waals surface area contributed by atoms with Gasteiger partial charge in [0.05, 0.1) is 10.8 Å². The van der Waals surface area contributed by atoms with Crippen molar-refractivity contribution in [3.63, 3.8) is 0 Å². The van der Waals surface area contributed by atoms with Gasteiger partial charge in [0.2, 0.25) is 17.7 Å². The number of carboxylic acids is 1. The van der Waals surface area contributed by atoms with E-state index in [-0.39, 0.29) is 29.7 Å². The first-order valence-electron chi connectivity index (χ1n) is 13.1. The van der Waals surface area contributed by atoms with Crippen molar-refractivity contribution in [2.75, 3.05) is 12.3 Å². The Kier molecular flexibility index (Phi) is 9.64. The van der Waals surface area contributed by atoms with E-state index in [1.165, 1.54) is 21.6 Å². The lowest BCUT2D eigenvalue weighted by Gasteiger charge is -2.31. The highest BCUT2D eigenvalue weighted by molar-refractivity contribution is 8.77. The molecule has 2 aromatic rings. The minimum atomic E-state index is -1.20. The fourth-order valence-electron chi connectivity index (χ4n) is 4.91. The molecule has 2 fully saturated rings. The Morgan fingerprint density at radius 1 is 1.02 bits per heavy atom. The van der Waals surface area contributed by atoms with Gasteiger partial charge < -0.3 is 31.5 Å². The van der Waals surface area contributed by atoms with Crippen LogP contribution in [0.3, 0.4) is 0 Å². The summed E-state index contributed by atoms with van der Waals surface area (Å²) >= 11 is 0. The van der Waals surface area contributed by atoms with E-state index in [9.17, 15) is 29.4 Å². The van der Waals surface area contributed by atoms with Gasteiger partial charge in [-0.05, 0) is 50.1 Å². The summed E-state index contributed by atoms with van der Waals surface area (Å²) in [5.41, 5.74) is 1.70. The van der Waals surface area contributed by atoms with E-state index in [1.807, 2.05) is 30.3 Å². The highest BCUT2D eigenvalue weighted by Crippen LogP contribution is 2.39. The number of hydrogen-bond acceptors (Lipinski definition) is 8. The molecule has 6 N–H and O–H groups in total. The smallest absolute Gasteiger partial charge is 0.327 e. The standard InChI is InChI=1S/C28H34N4O6S2/c1-28(2)23(27(37)38)32-24(34)20(14-16-6-4-3-5-7-16)30-25(35)21(15-39-40-28)31-26(36)22-19(12-13-29-22)17-8-10-18(33)11-9-17/h3-11,19-23,29,33H,12-15H2,1-2H3,(H,30,35)(H,31,36)(H,32,34)(H,37,38)/t19-,20?,21-,22-,23+/m1/s1. The number of hydrogen-bond donors (Lipinski definition) is 6. The monoisotopic (exact) mass is 586 g/mol. The Labute approximate surface area is 240 Å². The van der Waals surface area contributed by atoms with Crippen LogP contribution < -0.4 is 21.3 Å². The first-order valence-corrected chi connectivity index (χ1v) is 15.4. The number of phenols is 1. The van der Waals surface area contributed by atoms with Crippen molar-refractivity contribution >= 4 is 45.3 Å². The molecule has 0 aromatic heterocycles. The summed E-state index contributed by atoms with van der Waals surface area (Å²) in [6.45, 7) is 4.07. The van der Waals surface area contributed by atoms with Crippen molar-refractivity contribution in [3.05, 3.63) is 65.7 Å². The van der Waals surface area contributed by atoms with Gasteiger partial charge in [0, 0.05) is 18.1 Å². The zero-order valence-electron chi connectivity index (χ0n) is 22.3. The van der Waals surface area contributed by atoms with Crippen LogP contribution in [-0.2, 0) is 25.6 Å². The Bertz CT molecular complexity index is 1230. The lowest BCUT2D eigenvalue weighted by atomic mass is 9.91. The molecule has 10 nitrogen and oxygen atoms in total. The van der Waals surface area contributed by atoms with Gasteiger partial charge in [0.25, 0.3) is 0 Å². The fourth-order valence-corrected chi connectivity index (χ4v) is 7.72. The number of carboxylic acid groups (broad SMARTS) is 1. The van der Waals surface area contributed by atoms with E-state index in [0.717, 1.165) is 11.1 Å². The van der Waals surface area contributed by atoms with Crippen LogP contribution >= 0.6 is 21.6 Å². The molecule has 1 unspecified atom stereocenters. The second-order valence-electron chi connectivity index (χ2n) is 10.5. The van der Waals surface area contributed by atoms with Crippen LogP contribution in [0.25, 0.3) is 0 Å². The van der Waals surface area contributed by atoms with Crippen molar-refractivity contribution in [2.45, 2.75) is 61.5 Å². The molecule has 3 amide bonds. The number of phenolic OH excluding ortho intramolecular Hbond substituents is 1. The minimum Gasteiger partial charge on any atom is -0.508 e. The second-order valence-corrected chi connectivity index (χ2v) is 13.5. The van der Waals surface area contributed by atoms with E-state index in [4.69, 9.17) is 0 Å². The molecule has 2 aromatic carbocycles. The Morgan fingerprint density at radius 3 is 2.40 bits per heavy atom. The largest absolute Gasteiger partial charge is 0.508 e. The summed E-state index contributed by atoms with van der Waals surface area (Å²) in [4.78, 5) is 52.4. The normalized spacial score (nSPS) is 27.1. The van der Waals surface area contributed by atoms with Crippen LogP contribution in [0.1, 0.15) is 37.3 Å². The maximum Gasteiger partial charge on any atom is 0.327 e. The molecule has 0 aliphatic carbocycles. The second kappa shape index (κ2) is 13.0. The molecule has 0 radical (unpaired) electrons. The molecular formula is C28H34N4O6S2. The SMILES string of the molecule is CC1(C)SSC[C@@H](NC(=O)[C@@H]2NCC[C@@H]2c2ccc(O)cc2)C(=O)NC(Cc2ccccc2)C(=O)N[C@H]1C(=O)O. The molecule has 5 atom stereocenters. The number of aromatic hydroxyl groups is 1. The van der Waals surface area contributed by atoms with Gasteiger partial charge in [-0.1, -0.05) is 64.1 Å². The van der Waals surface area contributed by atoms with E-state index >= 15 is 0 Å². The molecule has 0 spiro atoms. The summed E-state index contributed by atoms with van der Waals surface area (Å²) in [7, 11) is 2.51. The summed E-state index contributed by atoms with van der Waals surface area (Å²) < 4.78 is -0.914. The molecule has 214 valence electrons. The van der Waals surface area contributed by atoms with E-state index in [0.29, 0.717) is 13.0 Å². The fraction of sp³-hybridized carbons (Fsp3) is 0.429. The lowest BCUT2D eigenvalue weighted by Crippen LogP contribution is -2.59. The summed E-state index contributed by atoms with van der Waals surface area (Å²) in [6, 6.07) is 12.1. The number of nitrogens with one attached hydrogen (secondary N) is 4. The maximum absolute atomic E-state index is 13.5. The van der Waals surface area contributed by atoms with E-state index < -0.39 is 46.7 Å². The third-order valence-electron chi connectivity index (χ3n) is 7.11. The summed E-state index contributed by atoms with van der Waals surface area (Å²) in [5, 5.41) is 31.0. The molecule has 4 rings (SSSR count). The highest BCUT2D eigenvalue weighted by atomic mass is 33.1. The molecule has 12 heteroatoms. The van der Waals surface area contributed by atoms with Crippen molar-refractivity contribution in [1.82, 2.24) is 21.3 Å². The lowest BCUT2D eigenvalue weighted by molar-refractivity contribution is -0.143. The Hall–Kier alpha value is -3.22. The predicted molar refractivity (Wildman–Crippen MR) is 155 cm³/mol. The Balaban J connectivity index is 1.56. The number of amides is 3. The third kappa shape index (κ3) is 7.29. The van der Waals surface area contributed by atoms with E-state index in [2.05, 4.69) is 21.3 Å². The van der Waals surface area contributed by atoms with E-state index in [1.54, 1.807) is 38.1 Å². The molecule has 2 saturated heterocycles. The van der Waals surface area contributed by atoms with Gasteiger partial charge in [0.1, 0.15) is 23.9 Å². The van der Waals surface area contributed by atoms with Gasteiger partial charge in [-0.3, -0.25) is 14.4 Å². The number of benzene rings is 2. The van der Waals surface area contributed by atoms with Crippen molar-refractivity contribution in [3.8, 4) is 5.75 Å². The van der Waals surface area contributed by atoms with Crippen LogP contribution in [0.2, 0.25) is 0 Å². The number of aliphatic carboxylic acids is 1. The predicted octanol–water partition coefficient (Wildman–Crippen LogP) is 1.79. The zero-order valence-corrected chi connectivity index (χ0v) is 23.9. The Morgan fingerprint density at radius 2 is 1.73 bits per heavy atom. The van der Waals surface area contributed by atoms with Crippen LogP contribution in [0.15, 0.2) is 54.6 Å². The average molecular weight is 587 g/mol. The number of carbonyl (C=O) groups is 4. The number of carbonyl (C=O) groups excluding carboxylic acids is 3. The maximum atomic E-state index is 13.5. The first kappa shape index (κ1) is 29.8. The van der Waals surface area contributed by atoms with Crippen molar-refractivity contribution < 1.29 is 29.4 Å². The van der Waals surface area contributed by atoms with Gasteiger partial charge in [-0.25, -0.2) is 4.79 Å². The third-order valence-corrected chi connectivity index (χ3v) is 10.4. The highest BCUT2D eigenvalue weighted by Gasteiger charge is 2.41. The van der Waals surface area contributed by atoms with Gasteiger partial charge in [0.15, 0.2) is 0 Å². The quantitative estimate of drug-likeness (QED) is 0.278. The molecule has 2 heterocycles. The molecular weight excluding hydrogens is 552 g/mol. The van der Waals surface area contributed by atoms with Crippen LogP contribution in [0, 0.1) is 0 Å². The van der Waals surface area contributed by atoms with Crippen LogP contribution in [0.5, 0.6) is 5.75 Å². The molecule has 0 bridgehead atoms. The molecule has 2 aliphatic heterocycles. The van der Waals surface area contributed by atoms with Gasteiger partial charge in [-0.2, -0.15) is 0 Å². The number of rotatable bonds is 6. The minimum absolute atomic E-state index is 0.139. The zero-order chi connectivity index (χ0) is 28.9. The van der Waals surface area contributed by atoms with Crippen LogP contribution in [0.4, 0.5) is 0 Å².